The van der Waals surface area contributed by atoms with Crippen LogP contribution in [0.2, 0.25) is 0 Å². The van der Waals surface area contributed by atoms with Crippen molar-refractivity contribution in [2.75, 3.05) is 11.4 Å². The summed E-state index contributed by atoms with van der Waals surface area (Å²) in [7, 11) is 0. The molecule has 7 heteroatoms. The van der Waals surface area contributed by atoms with Crippen molar-refractivity contribution in [1.29, 1.82) is 0 Å². The van der Waals surface area contributed by atoms with Crippen LogP contribution in [0.15, 0.2) is 24.3 Å². The summed E-state index contributed by atoms with van der Waals surface area (Å²) in [6, 6.07) is 7.71. The lowest BCUT2D eigenvalue weighted by Crippen LogP contribution is -2.43. The standard InChI is InChI=1S/C21H27N5O2/c1-14(2)20-23-21-16(9-6-12-26(21)24-20)22-18(27)13-25-17-10-4-3-7-15(17)8-5-11-19(25)28/h3-4,7,10,14,16H,5-6,8-9,11-13H2,1-2H3,(H,22,27). The molecule has 148 valence electrons. The van der Waals surface area contributed by atoms with E-state index < -0.39 is 0 Å². The van der Waals surface area contributed by atoms with E-state index in [-0.39, 0.29) is 30.3 Å². The van der Waals surface area contributed by atoms with E-state index >= 15 is 0 Å². The van der Waals surface area contributed by atoms with Crippen molar-refractivity contribution in [3.63, 3.8) is 0 Å². The van der Waals surface area contributed by atoms with E-state index in [2.05, 4.69) is 29.2 Å². The minimum Gasteiger partial charge on any atom is -0.345 e. The molecule has 2 aromatic rings. The topological polar surface area (TPSA) is 80.1 Å². The van der Waals surface area contributed by atoms with Gasteiger partial charge in [-0.2, -0.15) is 5.10 Å². The highest BCUT2D eigenvalue weighted by Crippen LogP contribution is 2.28. The van der Waals surface area contributed by atoms with Crippen LogP contribution in [0.5, 0.6) is 0 Å². The van der Waals surface area contributed by atoms with Gasteiger partial charge in [-0.15, -0.1) is 0 Å². The van der Waals surface area contributed by atoms with Gasteiger partial charge in [-0.3, -0.25) is 9.59 Å². The molecule has 2 aliphatic rings. The molecular formula is C21H27N5O2. The Morgan fingerprint density at radius 1 is 1.25 bits per heavy atom. The molecule has 0 bridgehead atoms. The molecule has 1 atom stereocenters. The number of hydrogen-bond donors (Lipinski definition) is 1. The number of rotatable bonds is 4. The number of amides is 2. The van der Waals surface area contributed by atoms with Crippen LogP contribution in [0, 0.1) is 0 Å². The fourth-order valence-corrected chi connectivity index (χ4v) is 3.99. The first-order chi connectivity index (χ1) is 13.5. The maximum atomic E-state index is 12.8. The van der Waals surface area contributed by atoms with E-state index in [0.717, 1.165) is 55.1 Å². The number of benzene rings is 1. The van der Waals surface area contributed by atoms with Crippen LogP contribution in [-0.4, -0.2) is 33.1 Å². The number of carbonyl (C=O) groups excluding carboxylic acids is 2. The summed E-state index contributed by atoms with van der Waals surface area (Å²) in [5.41, 5.74) is 1.98. The number of para-hydroxylation sites is 1. The summed E-state index contributed by atoms with van der Waals surface area (Å²) in [6.45, 7) is 5.01. The molecule has 7 nitrogen and oxygen atoms in total. The van der Waals surface area contributed by atoms with Gasteiger partial charge in [0.15, 0.2) is 5.82 Å². The smallest absolute Gasteiger partial charge is 0.240 e. The zero-order valence-electron chi connectivity index (χ0n) is 16.5. The molecule has 0 saturated carbocycles. The lowest BCUT2D eigenvalue weighted by atomic mass is 10.1. The Bertz CT molecular complexity index is 889. The number of nitrogens with one attached hydrogen (secondary N) is 1. The molecule has 3 heterocycles. The van der Waals surface area contributed by atoms with Gasteiger partial charge in [0.2, 0.25) is 11.8 Å². The summed E-state index contributed by atoms with van der Waals surface area (Å²) >= 11 is 0. The van der Waals surface area contributed by atoms with Gasteiger partial charge in [-0.1, -0.05) is 32.0 Å². The normalized spacial score (nSPS) is 19.2. The predicted molar refractivity (Wildman–Crippen MR) is 106 cm³/mol. The molecule has 28 heavy (non-hydrogen) atoms. The van der Waals surface area contributed by atoms with Gasteiger partial charge in [0.1, 0.15) is 12.4 Å². The molecule has 4 rings (SSSR count). The summed E-state index contributed by atoms with van der Waals surface area (Å²) in [6.07, 6.45) is 3.94. The van der Waals surface area contributed by atoms with Crippen molar-refractivity contribution in [2.45, 2.75) is 64.5 Å². The summed E-state index contributed by atoms with van der Waals surface area (Å²) in [5, 5.41) is 7.66. The lowest BCUT2D eigenvalue weighted by molar-refractivity contribution is -0.124. The third-order valence-electron chi connectivity index (χ3n) is 5.46. The summed E-state index contributed by atoms with van der Waals surface area (Å²) in [4.78, 5) is 31.7. The third kappa shape index (κ3) is 3.66. The average Bonchev–Trinajstić information content (AvgIpc) is 3.06. The molecule has 1 unspecified atom stereocenters. The van der Waals surface area contributed by atoms with E-state index in [4.69, 9.17) is 0 Å². The second-order valence-electron chi connectivity index (χ2n) is 7.93. The number of carbonyl (C=O) groups is 2. The zero-order chi connectivity index (χ0) is 19.7. The van der Waals surface area contributed by atoms with Gasteiger partial charge in [0.25, 0.3) is 0 Å². The van der Waals surface area contributed by atoms with Crippen LogP contribution in [0.1, 0.15) is 68.7 Å². The quantitative estimate of drug-likeness (QED) is 0.883. The van der Waals surface area contributed by atoms with E-state index in [1.165, 1.54) is 0 Å². The molecule has 2 amide bonds. The number of nitrogens with zero attached hydrogens (tertiary/aromatic N) is 4. The number of fused-ring (bicyclic) bond motifs is 2. The Morgan fingerprint density at radius 2 is 2.07 bits per heavy atom. The first-order valence-electron chi connectivity index (χ1n) is 10.1. The molecule has 1 N–H and O–H groups in total. The highest BCUT2D eigenvalue weighted by atomic mass is 16.2. The monoisotopic (exact) mass is 381 g/mol. The number of aromatic nitrogens is 3. The van der Waals surface area contributed by atoms with Crippen LogP contribution < -0.4 is 10.2 Å². The molecule has 0 fully saturated rings. The SMILES string of the molecule is CC(C)c1nc2n(n1)CCCC2NC(=O)CN1C(=O)CCCc2ccccc21. The average molecular weight is 381 g/mol. The fourth-order valence-electron chi connectivity index (χ4n) is 3.99. The van der Waals surface area contributed by atoms with E-state index in [1.807, 2.05) is 28.9 Å². The number of hydrogen-bond acceptors (Lipinski definition) is 4. The van der Waals surface area contributed by atoms with Crippen molar-refractivity contribution >= 4 is 17.5 Å². The Balaban J connectivity index is 1.50. The van der Waals surface area contributed by atoms with Gasteiger partial charge in [0.05, 0.1) is 6.04 Å². The molecular weight excluding hydrogens is 354 g/mol. The van der Waals surface area contributed by atoms with Crippen LogP contribution in [0.3, 0.4) is 0 Å². The van der Waals surface area contributed by atoms with E-state index in [9.17, 15) is 9.59 Å². The Morgan fingerprint density at radius 3 is 2.89 bits per heavy atom. The lowest BCUT2D eigenvalue weighted by Gasteiger charge is -2.26. The van der Waals surface area contributed by atoms with Crippen molar-refractivity contribution < 1.29 is 9.59 Å². The molecule has 0 radical (unpaired) electrons. The van der Waals surface area contributed by atoms with Crippen molar-refractivity contribution in [3.8, 4) is 0 Å². The van der Waals surface area contributed by atoms with Gasteiger partial charge in [-0.05, 0) is 37.3 Å². The van der Waals surface area contributed by atoms with Crippen molar-refractivity contribution in [2.24, 2.45) is 0 Å². The Kier molecular flexibility index (Phi) is 5.15. The minimum atomic E-state index is -0.155. The van der Waals surface area contributed by atoms with Gasteiger partial charge in [-0.25, -0.2) is 9.67 Å². The fraction of sp³-hybridized carbons (Fsp3) is 0.524. The molecule has 0 spiro atoms. The highest BCUT2D eigenvalue weighted by molar-refractivity contribution is 5.99. The maximum absolute atomic E-state index is 12.8. The van der Waals surface area contributed by atoms with Crippen molar-refractivity contribution in [3.05, 3.63) is 41.5 Å². The first-order valence-corrected chi connectivity index (χ1v) is 10.1. The van der Waals surface area contributed by atoms with Crippen molar-refractivity contribution in [1.82, 2.24) is 20.1 Å². The molecule has 2 aliphatic heterocycles. The van der Waals surface area contributed by atoms with Gasteiger partial charge < -0.3 is 10.2 Å². The highest BCUT2D eigenvalue weighted by Gasteiger charge is 2.29. The zero-order valence-corrected chi connectivity index (χ0v) is 16.5. The second-order valence-corrected chi connectivity index (χ2v) is 7.93. The second kappa shape index (κ2) is 7.73. The minimum absolute atomic E-state index is 0.00834. The van der Waals surface area contributed by atoms with E-state index in [1.54, 1.807) is 4.90 Å². The Labute approximate surface area is 165 Å². The van der Waals surface area contributed by atoms with Gasteiger partial charge >= 0.3 is 0 Å². The molecule has 0 aliphatic carbocycles. The predicted octanol–water partition coefficient (Wildman–Crippen LogP) is 2.72. The van der Waals surface area contributed by atoms with Crippen LogP contribution >= 0.6 is 0 Å². The van der Waals surface area contributed by atoms with Gasteiger partial charge in [0, 0.05) is 24.6 Å². The van der Waals surface area contributed by atoms with Crippen LogP contribution in [-0.2, 0) is 22.6 Å². The maximum Gasteiger partial charge on any atom is 0.240 e. The van der Waals surface area contributed by atoms with Crippen LogP contribution in [0.25, 0.3) is 0 Å². The largest absolute Gasteiger partial charge is 0.345 e. The summed E-state index contributed by atoms with van der Waals surface area (Å²) < 4.78 is 1.91. The number of anilines is 1. The van der Waals surface area contributed by atoms with E-state index in [0.29, 0.717) is 6.42 Å². The Hall–Kier alpha value is -2.70. The molecule has 0 saturated heterocycles. The molecule has 1 aromatic heterocycles. The third-order valence-corrected chi connectivity index (χ3v) is 5.46. The van der Waals surface area contributed by atoms with Crippen LogP contribution in [0.4, 0.5) is 5.69 Å². The summed E-state index contributed by atoms with van der Waals surface area (Å²) in [5.74, 6) is 1.74. The number of aryl methyl sites for hydroxylation is 2. The first kappa shape index (κ1) is 18.7. The molecule has 1 aromatic carbocycles.